The molecule has 1 aromatic heterocycles. The topological polar surface area (TPSA) is 125 Å². The van der Waals surface area contributed by atoms with Crippen molar-refractivity contribution in [3.05, 3.63) is 54.4 Å². The number of benzene rings is 1. The molecule has 1 saturated heterocycles. The predicted molar refractivity (Wildman–Crippen MR) is 133 cm³/mol. The molecule has 3 atom stereocenters. The predicted octanol–water partition coefficient (Wildman–Crippen LogP) is 4.46. The third-order valence-electron chi connectivity index (χ3n) is 6.96. The highest BCUT2D eigenvalue weighted by Gasteiger charge is 2.63. The highest BCUT2D eigenvalue weighted by Crippen LogP contribution is 2.51. The average Bonchev–Trinajstić information content (AvgIpc) is 3.44. The second kappa shape index (κ2) is 9.60. The number of primary amides is 1. The van der Waals surface area contributed by atoms with Gasteiger partial charge in [-0.25, -0.2) is 17.6 Å². The number of sulfone groups is 1. The summed E-state index contributed by atoms with van der Waals surface area (Å²) in [5.41, 5.74) is 2.67. The van der Waals surface area contributed by atoms with Crippen molar-refractivity contribution in [3.8, 4) is 0 Å². The number of carbonyl (C=O) groups is 2. The smallest absolute Gasteiger partial charge is 0.435 e. The lowest BCUT2D eigenvalue weighted by molar-refractivity contribution is -0.275. The number of hydrogen-bond donors (Lipinski definition) is 1. The fraction of sp³-hybridized carbons (Fsp3) is 0.435. The summed E-state index contributed by atoms with van der Waals surface area (Å²) in [5.74, 6) is -3.69. The van der Waals surface area contributed by atoms with Crippen LogP contribution in [0.15, 0.2) is 17.3 Å². The Morgan fingerprint density at radius 1 is 1.15 bits per heavy atom. The molecule has 8 nitrogen and oxygen atoms in total. The second-order valence-electron chi connectivity index (χ2n) is 9.41. The van der Waals surface area contributed by atoms with Gasteiger partial charge in [-0.3, -0.25) is 4.79 Å². The molecule has 1 aliphatic carbocycles. The van der Waals surface area contributed by atoms with Gasteiger partial charge in [-0.2, -0.15) is 13.2 Å². The van der Waals surface area contributed by atoms with Crippen LogP contribution in [0.2, 0.25) is 10.0 Å². The van der Waals surface area contributed by atoms with Crippen molar-refractivity contribution in [2.75, 3.05) is 5.75 Å². The van der Waals surface area contributed by atoms with Gasteiger partial charge in [-0.15, -0.1) is 11.3 Å². The van der Waals surface area contributed by atoms with Crippen LogP contribution < -0.4 is 5.73 Å². The summed E-state index contributed by atoms with van der Waals surface area (Å²) < 4.78 is 86.3. The molecule has 2 N–H and O–H groups in total. The number of nitrogens with zero attached hydrogens (tertiary/aromatic N) is 1. The summed E-state index contributed by atoms with van der Waals surface area (Å²) in [6.45, 7) is 0. The molecular weight excluding hydrogens is 611 g/mol. The van der Waals surface area contributed by atoms with E-state index in [9.17, 15) is 35.6 Å². The third-order valence-corrected chi connectivity index (χ3v) is 10.9. The Labute approximate surface area is 232 Å². The van der Waals surface area contributed by atoms with Gasteiger partial charge in [-0.05, 0) is 48.9 Å². The number of fused-ring (bicyclic) bond motifs is 1. The van der Waals surface area contributed by atoms with Crippen LogP contribution in [0.4, 0.5) is 17.6 Å². The summed E-state index contributed by atoms with van der Waals surface area (Å²) in [6, 6.07) is 1.56. The van der Waals surface area contributed by atoms with Crippen LogP contribution in [0.25, 0.3) is 0 Å². The number of ether oxygens (including phenoxy) is 1. The van der Waals surface area contributed by atoms with Gasteiger partial charge in [0.2, 0.25) is 5.91 Å². The van der Waals surface area contributed by atoms with Gasteiger partial charge >= 0.3 is 12.1 Å². The van der Waals surface area contributed by atoms with Crippen LogP contribution in [-0.4, -0.2) is 49.3 Å². The van der Waals surface area contributed by atoms with Crippen LogP contribution in [-0.2, 0) is 42.6 Å². The molecule has 3 heterocycles. The Kier molecular flexibility index (Phi) is 6.92. The molecule has 0 spiro atoms. The number of alkyl halides is 3. The molecule has 39 heavy (non-hydrogen) atoms. The molecule has 1 fully saturated rings. The fourth-order valence-corrected chi connectivity index (χ4v) is 8.30. The van der Waals surface area contributed by atoms with E-state index >= 15 is 0 Å². The highest BCUT2D eigenvalue weighted by molar-refractivity contribution is 7.94. The van der Waals surface area contributed by atoms with E-state index in [-0.39, 0.29) is 15.5 Å². The molecule has 1 aromatic carbocycles. The van der Waals surface area contributed by atoms with E-state index < -0.39 is 78.4 Å². The van der Waals surface area contributed by atoms with Gasteiger partial charge in [0.05, 0.1) is 27.1 Å². The summed E-state index contributed by atoms with van der Waals surface area (Å²) in [7, 11) is -3.82. The number of carbonyl (C=O) groups excluding carboxylic acids is 2. The standard InChI is InChI=1S/C23H18Cl2F4N2O6S2/c24-12-5-9(6-13(25)16(12)26)22(23(27,28)29)7-14(31-37-22)17-10-3-1-2-4-11(10)18(38-17)21(33)36-15-8-39(34,35)19(15)20(30)32/h5-6,15,19H,1-4,7-8H2,(H2,30,32). The zero-order valence-electron chi connectivity index (χ0n) is 19.6. The number of thiophene rings is 1. The van der Waals surface area contributed by atoms with E-state index in [0.29, 0.717) is 36.8 Å². The van der Waals surface area contributed by atoms with Crippen molar-refractivity contribution >= 4 is 62.0 Å². The maximum absolute atomic E-state index is 14.4. The molecule has 16 heteroatoms. The summed E-state index contributed by atoms with van der Waals surface area (Å²) in [4.78, 5) is 30.0. The molecular formula is C23H18Cl2F4N2O6S2. The number of amides is 1. The molecule has 0 radical (unpaired) electrons. The molecule has 5 rings (SSSR count). The molecule has 1 amide bonds. The molecule has 2 aliphatic heterocycles. The number of esters is 1. The van der Waals surface area contributed by atoms with Gasteiger partial charge in [0.1, 0.15) is 16.7 Å². The van der Waals surface area contributed by atoms with Gasteiger partial charge in [0.15, 0.2) is 20.9 Å². The lowest BCUT2D eigenvalue weighted by atomic mass is 9.85. The van der Waals surface area contributed by atoms with Crippen molar-refractivity contribution in [1.82, 2.24) is 0 Å². The number of oxime groups is 1. The normalized spacial score (nSPS) is 25.7. The molecule has 0 bridgehead atoms. The Balaban J connectivity index is 1.49. The molecule has 210 valence electrons. The minimum absolute atomic E-state index is 0.0762. The average molecular weight is 629 g/mol. The third kappa shape index (κ3) is 4.58. The SMILES string of the molecule is NC(=O)C1C(OC(=O)c2sc(C3=NOC(c4cc(Cl)c(F)c(Cl)c4)(C(F)(F)F)C3)c3c2CCCC3)CS1(=O)=O. The van der Waals surface area contributed by atoms with Crippen LogP contribution in [0, 0.1) is 5.82 Å². The van der Waals surface area contributed by atoms with Crippen molar-refractivity contribution in [1.29, 1.82) is 0 Å². The maximum atomic E-state index is 14.4. The first kappa shape index (κ1) is 28.1. The zero-order valence-corrected chi connectivity index (χ0v) is 22.8. The number of halogens is 6. The van der Waals surface area contributed by atoms with Crippen molar-refractivity contribution < 1.29 is 45.1 Å². The van der Waals surface area contributed by atoms with E-state index in [0.717, 1.165) is 23.5 Å². The minimum Gasteiger partial charge on any atom is -0.455 e. The van der Waals surface area contributed by atoms with E-state index in [2.05, 4.69) is 5.16 Å². The Bertz CT molecular complexity index is 1520. The molecule has 2 aromatic rings. The van der Waals surface area contributed by atoms with Gasteiger partial charge in [-0.1, -0.05) is 28.4 Å². The monoisotopic (exact) mass is 628 g/mol. The Morgan fingerprint density at radius 2 is 1.77 bits per heavy atom. The van der Waals surface area contributed by atoms with E-state index in [4.69, 9.17) is 38.5 Å². The first-order valence-corrected chi connectivity index (χ1v) is 14.8. The van der Waals surface area contributed by atoms with E-state index in [1.807, 2.05) is 0 Å². The maximum Gasteiger partial charge on any atom is 0.435 e. The van der Waals surface area contributed by atoms with Gasteiger partial charge in [0, 0.05) is 5.56 Å². The summed E-state index contributed by atoms with van der Waals surface area (Å²) in [6.07, 6.45) is -4.79. The van der Waals surface area contributed by atoms with Crippen molar-refractivity contribution in [2.24, 2.45) is 10.9 Å². The largest absolute Gasteiger partial charge is 0.455 e. The number of nitrogens with two attached hydrogens (primary N) is 1. The first-order valence-electron chi connectivity index (χ1n) is 11.5. The van der Waals surface area contributed by atoms with Crippen LogP contribution in [0.5, 0.6) is 0 Å². The second-order valence-corrected chi connectivity index (χ2v) is 13.4. The van der Waals surface area contributed by atoms with Gasteiger partial charge in [0.25, 0.3) is 5.60 Å². The van der Waals surface area contributed by atoms with Gasteiger partial charge < -0.3 is 15.3 Å². The zero-order chi connectivity index (χ0) is 28.5. The number of hydrogen-bond acceptors (Lipinski definition) is 8. The van der Waals surface area contributed by atoms with E-state index in [1.165, 1.54) is 0 Å². The van der Waals surface area contributed by atoms with Crippen molar-refractivity contribution in [2.45, 2.75) is 55.2 Å². The number of rotatable bonds is 5. The van der Waals surface area contributed by atoms with Crippen LogP contribution >= 0.6 is 34.5 Å². The Hall–Kier alpha value is -2.42. The lowest BCUT2D eigenvalue weighted by Crippen LogP contribution is -2.59. The van der Waals surface area contributed by atoms with Crippen LogP contribution in [0.1, 0.15) is 50.5 Å². The Morgan fingerprint density at radius 3 is 2.33 bits per heavy atom. The van der Waals surface area contributed by atoms with Crippen molar-refractivity contribution in [3.63, 3.8) is 0 Å². The van der Waals surface area contributed by atoms with E-state index in [1.54, 1.807) is 0 Å². The first-order chi connectivity index (χ1) is 18.2. The molecule has 3 aliphatic rings. The fourth-order valence-electron chi connectivity index (χ4n) is 5.02. The highest BCUT2D eigenvalue weighted by atomic mass is 35.5. The molecule has 3 unspecified atom stereocenters. The summed E-state index contributed by atoms with van der Waals surface area (Å²) in [5, 5.41) is 0.838. The lowest BCUT2D eigenvalue weighted by Gasteiger charge is -2.32. The summed E-state index contributed by atoms with van der Waals surface area (Å²) >= 11 is 12.4. The van der Waals surface area contributed by atoms with Crippen LogP contribution in [0.3, 0.4) is 0 Å². The minimum atomic E-state index is -5.01. The molecule has 0 saturated carbocycles. The quantitative estimate of drug-likeness (QED) is 0.296.